The fourth-order valence-corrected chi connectivity index (χ4v) is 2.90. The number of nitro groups is 1. The van der Waals surface area contributed by atoms with Gasteiger partial charge in [-0.1, -0.05) is 19.3 Å². The summed E-state index contributed by atoms with van der Waals surface area (Å²) in [4.78, 5) is 23.4. The maximum absolute atomic E-state index is 11.0. The zero-order chi connectivity index (χ0) is 14.5. The van der Waals surface area contributed by atoms with Crippen LogP contribution in [0.15, 0.2) is 18.2 Å². The summed E-state index contributed by atoms with van der Waals surface area (Å²) in [5.74, 6) is 0.684. The average Bonchev–Trinajstić information content (AvgIpc) is 2.47. The summed E-state index contributed by atoms with van der Waals surface area (Å²) in [6.07, 6.45) is 6.95. The molecular formula is C15H20N2O3. The number of carbonyl (C=O) groups is 1. The third kappa shape index (κ3) is 3.35. The molecule has 0 spiro atoms. The minimum atomic E-state index is -0.519. The van der Waals surface area contributed by atoms with Gasteiger partial charge in [-0.2, -0.15) is 0 Å². The Bertz CT molecular complexity index is 496. The Morgan fingerprint density at radius 3 is 2.65 bits per heavy atom. The average molecular weight is 276 g/mol. The quantitative estimate of drug-likeness (QED) is 0.469. The van der Waals surface area contributed by atoms with E-state index in [9.17, 15) is 14.9 Å². The first-order chi connectivity index (χ1) is 9.61. The zero-order valence-electron chi connectivity index (χ0n) is 11.7. The van der Waals surface area contributed by atoms with E-state index in [0.29, 0.717) is 12.2 Å². The third-order valence-electron chi connectivity index (χ3n) is 4.03. The number of rotatable bonds is 5. The first-order valence-electron chi connectivity index (χ1n) is 7.06. The maximum atomic E-state index is 11.0. The molecule has 1 aliphatic carbocycles. The molecule has 0 unspecified atom stereocenters. The van der Waals surface area contributed by atoms with Gasteiger partial charge in [-0.3, -0.25) is 14.9 Å². The number of hydrogen-bond acceptors (Lipinski definition) is 4. The molecule has 1 aromatic carbocycles. The molecule has 5 nitrogen and oxygen atoms in total. The molecule has 1 aromatic rings. The molecule has 0 heterocycles. The van der Waals surface area contributed by atoms with E-state index < -0.39 is 4.92 Å². The van der Waals surface area contributed by atoms with Crippen molar-refractivity contribution in [1.82, 2.24) is 0 Å². The lowest BCUT2D eigenvalue weighted by atomic mass is 9.89. The number of benzene rings is 1. The highest BCUT2D eigenvalue weighted by atomic mass is 16.6. The molecule has 5 heteroatoms. The van der Waals surface area contributed by atoms with Crippen molar-refractivity contribution in [3.8, 4) is 0 Å². The van der Waals surface area contributed by atoms with Crippen molar-refractivity contribution in [3.63, 3.8) is 0 Å². The number of hydrogen-bond donors (Lipinski definition) is 0. The lowest BCUT2D eigenvalue weighted by Gasteiger charge is -2.28. The molecule has 0 amide bonds. The van der Waals surface area contributed by atoms with Crippen LogP contribution in [0.3, 0.4) is 0 Å². The summed E-state index contributed by atoms with van der Waals surface area (Å²) >= 11 is 0. The first-order valence-corrected chi connectivity index (χ1v) is 7.06. The third-order valence-corrected chi connectivity index (χ3v) is 4.03. The number of anilines is 1. The predicted molar refractivity (Wildman–Crippen MR) is 78.3 cm³/mol. The van der Waals surface area contributed by atoms with Crippen LogP contribution in [0.5, 0.6) is 0 Å². The lowest BCUT2D eigenvalue weighted by molar-refractivity contribution is -0.385. The molecule has 20 heavy (non-hydrogen) atoms. The van der Waals surface area contributed by atoms with Gasteiger partial charge in [0.25, 0.3) is 5.69 Å². The Balaban J connectivity index is 2.11. The molecule has 1 fully saturated rings. The summed E-state index contributed by atoms with van der Waals surface area (Å²) in [5, 5.41) is 10.8. The maximum Gasteiger partial charge on any atom is 0.280 e. The van der Waals surface area contributed by atoms with Gasteiger partial charge >= 0.3 is 0 Å². The Morgan fingerprint density at radius 2 is 2.05 bits per heavy atom. The first kappa shape index (κ1) is 14.5. The summed E-state index contributed by atoms with van der Waals surface area (Å²) < 4.78 is 0. The van der Waals surface area contributed by atoms with Crippen LogP contribution in [-0.4, -0.2) is 24.8 Å². The van der Waals surface area contributed by atoms with E-state index in [1.807, 2.05) is 7.05 Å². The summed E-state index contributed by atoms with van der Waals surface area (Å²) in [7, 11) is 1.98. The van der Waals surface area contributed by atoms with E-state index in [4.69, 9.17) is 0 Å². The summed E-state index contributed by atoms with van der Waals surface area (Å²) in [6, 6.07) is 4.73. The zero-order valence-corrected chi connectivity index (χ0v) is 11.7. The highest BCUT2D eigenvalue weighted by molar-refractivity contribution is 5.83. The van der Waals surface area contributed by atoms with Gasteiger partial charge in [-0.15, -0.1) is 0 Å². The van der Waals surface area contributed by atoms with Crippen molar-refractivity contribution in [2.45, 2.75) is 32.1 Å². The Morgan fingerprint density at radius 1 is 1.35 bits per heavy atom. The number of nitro benzene ring substituents is 1. The van der Waals surface area contributed by atoms with Crippen LogP contribution in [-0.2, 0) is 0 Å². The molecule has 0 aliphatic heterocycles. The Labute approximate surface area is 118 Å². The second-order valence-corrected chi connectivity index (χ2v) is 5.50. The van der Waals surface area contributed by atoms with Crippen LogP contribution in [0.4, 0.5) is 11.4 Å². The Kier molecular flexibility index (Phi) is 4.71. The van der Waals surface area contributed by atoms with Crippen LogP contribution in [0.1, 0.15) is 42.5 Å². The van der Waals surface area contributed by atoms with Gasteiger partial charge in [0, 0.05) is 25.3 Å². The van der Waals surface area contributed by atoms with Gasteiger partial charge in [-0.25, -0.2) is 0 Å². The van der Waals surface area contributed by atoms with Gasteiger partial charge in [-0.05, 0) is 30.9 Å². The number of carbonyl (C=O) groups excluding carboxylic acids is 1. The van der Waals surface area contributed by atoms with E-state index in [-0.39, 0.29) is 11.3 Å². The second-order valence-electron chi connectivity index (χ2n) is 5.50. The smallest absolute Gasteiger partial charge is 0.280 e. The minimum absolute atomic E-state index is 0.130. The standard InChI is InChI=1S/C15H20N2O3/c1-16(10-12-5-3-2-4-6-12)14-7-8-15(17(19)20)13(9-14)11-18/h7-9,11-12H,2-6,10H2,1H3. The van der Waals surface area contributed by atoms with Gasteiger partial charge in [0.2, 0.25) is 0 Å². The second kappa shape index (κ2) is 6.50. The number of aldehydes is 1. The monoisotopic (exact) mass is 276 g/mol. The van der Waals surface area contributed by atoms with Crippen molar-refractivity contribution in [1.29, 1.82) is 0 Å². The summed E-state index contributed by atoms with van der Waals surface area (Å²) in [5.41, 5.74) is 0.876. The van der Waals surface area contributed by atoms with Crippen LogP contribution < -0.4 is 4.90 Å². The van der Waals surface area contributed by atoms with Crippen LogP contribution in [0.2, 0.25) is 0 Å². The van der Waals surface area contributed by atoms with E-state index in [1.54, 1.807) is 12.1 Å². The SMILES string of the molecule is CN(CC1CCCCC1)c1ccc([N+](=O)[O-])c(C=O)c1. The van der Waals surface area contributed by atoms with Crippen molar-refractivity contribution in [3.05, 3.63) is 33.9 Å². The highest BCUT2D eigenvalue weighted by Crippen LogP contribution is 2.27. The molecule has 0 radical (unpaired) electrons. The molecule has 0 atom stereocenters. The van der Waals surface area contributed by atoms with E-state index in [1.165, 1.54) is 38.2 Å². The van der Waals surface area contributed by atoms with Crippen molar-refractivity contribution in [2.75, 3.05) is 18.5 Å². The van der Waals surface area contributed by atoms with Crippen molar-refractivity contribution >= 4 is 17.7 Å². The van der Waals surface area contributed by atoms with Crippen molar-refractivity contribution in [2.24, 2.45) is 5.92 Å². The molecule has 108 valence electrons. The molecule has 0 saturated heterocycles. The molecule has 1 saturated carbocycles. The molecule has 0 bridgehead atoms. The predicted octanol–water partition coefficient (Wildman–Crippen LogP) is 3.42. The molecule has 0 N–H and O–H groups in total. The van der Waals surface area contributed by atoms with Crippen molar-refractivity contribution < 1.29 is 9.72 Å². The topological polar surface area (TPSA) is 63.4 Å². The van der Waals surface area contributed by atoms with E-state index in [2.05, 4.69) is 4.90 Å². The molecule has 2 rings (SSSR count). The number of nitrogens with zero attached hydrogens (tertiary/aromatic N) is 2. The summed E-state index contributed by atoms with van der Waals surface area (Å²) in [6.45, 7) is 0.941. The minimum Gasteiger partial charge on any atom is -0.374 e. The Hall–Kier alpha value is -1.91. The van der Waals surface area contributed by atoms with Crippen LogP contribution in [0.25, 0.3) is 0 Å². The fourth-order valence-electron chi connectivity index (χ4n) is 2.90. The van der Waals surface area contributed by atoms with E-state index in [0.717, 1.165) is 12.2 Å². The van der Waals surface area contributed by atoms with Crippen LogP contribution >= 0.6 is 0 Å². The normalized spacial score (nSPS) is 15.8. The van der Waals surface area contributed by atoms with Gasteiger partial charge in [0.05, 0.1) is 10.5 Å². The molecule has 0 aromatic heterocycles. The van der Waals surface area contributed by atoms with Gasteiger partial charge < -0.3 is 4.90 Å². The van der Waals surface area contributed by atoms with E-state index >= 15 is 0 Å². The largest absolute Gasteiger partial charge is 0.374 e. The van der Waals surface area contributed by atoms with Gasteiger partial charge in [0.1, 0.15) is 0 Å². The van der Waals surface area contributed by atoms with Crippen LogP contribution in [0, 0.1) is 16.0 Å². The molecule has 1 aliphatic rings. The lowest BCUT2D eigenvalue weighted by Crippen LogP contribution is -2.26. The fraction of sp³-hybridized carbons (Fsp3) is 0.533. The van der Waals surface area contributed by atoms with Gasteiger partial charge in [0.15, 0.2) is 6.29 Å². The molecular weight excluding hydrogens is 256 g/mol. The highest BCUT2D eigenvalue weighted by Gasteiger charge is 2.18.